The first-order valence-electron chi connectivity index (χ1n) is 3.78. The van der Waals surface area contributed by atoms with E-state index in [2.05, 4.69) is 17.3 Å². The van der Waals surface area contributed by atoms with E-state index in [0.717, 1.165) is 12.0 Å². The molecule has 2 heterocycles. The van der Waals surface area contributed by atoms with Gasteiger partial charge in [0.15, 0.2) is 0 Å². The molecule has 0 saturated carbocycles. The van der Waals surface area contributed by atoms with Crippen molar-refractivity contribution in [2.24, 2.45) is 5.92 Å². The van der Waals surface area contributed by atoms with E-state index in [1.165, 1.54) is 26.1 Å². The monoisotopic (exact) mass is 162 g/mol. The van der Waals surface area contributed by atoms with Crippen molar-refractivity contribution in [3.63, 3.8) is 0 Å². The molecule has 0 spiro atoms. The molecule has 2 saturated heterocycles. The Morgan fingerprint density at radius 2 is 2.20 bits per heavy atom. The van der Waals surface area contributed by atoms with Gasteiger partial charge in [0.2, 0.25) is 0 Å². The van der Waals surface area contributed by atoms with E-state index in [0.29, 0.717) is 0 Å². The van der Waals surface area contributed by atoms with Gasteiger partial charge in [-0.15, -0.1) is 12.4 Å². The lowest BCUT2D eigenvalue weighted by Crippen LogP contribution is -2.28. The molecule has 2 aliphatic heterocycles. The van der Waals surface area contributed by atoms with Crippen molar-refractivity contribution in [2.75, 3.05) is 26.7 Å². The molecule has 2 fully saturated rings. The molecule has 2 nitrogen and oxygen atoms in total. The largest absolute Gasteiger partial charge is 0.312 e. The highest BCUT2D eigenvalue weighted by Gasteiger charge is 2.33. The van der Waals surface area contributed by atoms with Gasteiger partial charge in [-0.05, 0) is 25.9 Å². The summed E-state index contributed by atoms with van der Waals surface area (Å²) in [4.78, 5) is 2.42. The number of nitrogens with zero attached hydrogens (tertiary/aromatic N) is 1. The Morgan fingerprint density at radius 1 is 1.40 bits per heavy atom. The summed E-state index contributed by atoms with van der Waals surface area (Å²) >= 11 is 0. The van der Waals surface area contributed by atoms with Crippen molar-refractivity contribution in [3.8, 4) is 0 Å². The van der Waals surface area contributed by atoms with Gasteiger partial charge >= 0.3 is 0 Å². The summed E-state index contributed by atoms with van der Waals surface area (Å²) in [5, 5.41) is 3.51. The minimum atomic E-state index is 0. The van der Waals surface area contributed by atoms with Crippen LogP contribution in [0.4, 0.5) is 0 Å². The molecule has 1 N–H and O–H groups in total. The standard InChI is InChI=1S/C7H14N2.ClH/c1-9-4-6-2-3-8-7(6)5-9;/h6-8H,2-5H2,1H3;1H. The molecule has 2 rings (SSSR count). The third kappa shape index (κ3) is 1.29. The number of halogens is 1. The predicted octanol–water partition coefficient (Wildman–Crippen LogP) is 0.332. The zero-order valence-electron chi connectivity index (χ0n) is 6.34. The summed E-state index contributed by atoms with van der Waals surface area (Å²) < 4.78 is 0. The normalized spacial score (nSPS) is 39.3. The first-order chi connectivity index (χ1) is 4.36. The molecule has 60 valence electrons. The zero-order chi connectivity index (χ0) is 6.27. The predicted molar refractivity (Wildman–Crippen MR) is 44.6 cm³/mol. The fraction of sp³-hybridized carbons (Fsp3) is 1.00. The molecule has 0 radical (unpaired) electrons. The van der Waals surface area contributed by atoms with Crippen LogP contribution in [0.25, 0.3) is 0 Å². The van der Waals surface area contributed by atoms with Crippen LogP contribution in [0.5, 0.6) is 0 Å². The average molecular weight is 163 g/mol. The lowest BCUT2D eigenvalue weighted by atomic mass is 10.1. The smallest absolute Gasteiger partial charge is 0.0235 e. The molecule has 2 atom stereocenters. The number of rotatable bonds is 0. The van der Waals surface area contributed by atoms with Crippen LogP contribution in [-0.4, -0.2) is 37.6 Å². The summed E-state index contributed by atoms with van der Waals surface area (Å²) in [5.74, 6) is 0.968. The van der Waals surface area contributed by atoms with Crippen LogP contribution < -0.4 is 5.32 Å². The maximum Gasteiger partial charge on any atom is 0.0235 e. The van der Waals surface area contributed by atoms with Gasteiger partial charge in [0.25, 0.3) is 0 Å². The van der Waals surface area contributed by atoms with Gasteiger partial charge in [-0.1, -0.05) is 0 Å². The number of likely N-dealkylation sites (N-methyl/N-ethyl adjacent to an activating group) is 1. The number of hydrogen-bond acceptors (Lipinski definition) is 2. The van der Waals surface area contributed by atoms with Crippen LogP contribution in [0, 0.1) is 5.92 Å². The first kappa shape index (κ1) is 8.31. The number of likely N-dealkylation sites (tertiary alicyclic amines) is 1. The molecule has 3 heteroatoms. The van der Waals surface area contributed by atoms with E-state index in [1.807, 2.05) is 0 Å². The Morgan fingerprint density at radius 3 is 2.90 bits per heavy atom. The molecule has 10 heavy (non-hydrogen) atoms. The molecular formula is C7H15ClN2. The number of hydrogen-bond donors (Lipinski definition) is 1. The van der Waals surface area contributed by atoms with E-state index in [1.54, 1.807) is 0 Å². The fourth-order valence-electron chi connectivity index (χ4n) is 2.06. The van der Waals surface area contributed by atoms with E-state index in [-0.39, 0.29) is 12.4 Å². The summed E-state index contributed by atoms with van der Waals surface area (Å²) in [6.45, 7) is 3.84. The maximum atomic E-state index is 3.51. The Bertz CT molecular complexity index is 106. The molecular weight excluding hydrogens is 148 g/mol. The van der Waals surface area contributed by atoms with Gasteiger partial charge in [0.05, 0.1) is 0 Å². The highest BCUT2D eigenvalue weighted by molar-refractivity contribution is 5.85. The van der Waals surface area contributed by atoms with Gasteiger partial charge in [-0.25, -0.2) is 0 Å². The van der Waals surface area contributed by atoms with E-state index in [9.17, 15) is 0 Å². The van der Waals surface area contributed by atoms with Crippen molar-refractivity contribution >= 4 is 12.4 Å². The van der Waals surface area contributed by atoms with Crippen molar-refractivity contribution in [1.82, 2.24) is 10.2 Å². The minimum absolute atomic E-state index is 0. The lowest BCUT2D eigenvalue weighted by Gasteiger charge is -2.07. The molecule has 0 amide bonds. The topological polar surface area (TPSA) is 15.3 Å². The van der Waals surface area contributed by atoms with Gasteiger partial charge in [-0.2, -0.15) is 0 Å². The van der Waals surface area contributed by atoms with Crippen LogP contribution in [0.1, 0.15) is 6.42 Å². The average Bonchev–Trinajstić information content (AvgIpc) is 2.22. The van der Waals surface area contributed by atoms with E-state index < -0.39 is 0 Å². The molecule has 2 aliphatic rings. The molecule has 2 unspecified atom stereocenters. The third-order valence-corrected chi connectivity index (χ3v) is 2.55. The Kier molecular flexibility index (Phi) is 2.55. The van der Waals surface area contributed by atoms with Gasteiger partial charge in [0, 0.05) is 19.1 Å². The first-order valence-corrected chi connectivity index (χ1v) is 3.78. The fourth-order valence-corrected chi connectivity index (χ4v) is 2.06. The van der Waals surface area contributed by atoms with Crippen LogP contribution in [0.2, 0.25) is 0 Å². The molecule has 0 aliphatic carbocycles. The van der Waals surface area contributed by atoms with Crippen molar-refractivity contribution in [2.45, 2.75) is 12.5 Å². The Hall–Kier alpha value is 0.210. The molecule has 0 aromatic heterocycles. The molecule has 0 bridgehead atoms. The van der Waals surface area contributed by atoms with Gasteiger partial charge in [-0.3, -0.25) is 0 Å². The van der Waals surface area contributed by atoms with Crippen LogP contribution in [0.3, 0.4) is 0 Å². The van der Waals surface area contributed by atoms with Crippen LogP contribution in [-0.2, 0) is 0 Å². The quantitative estimate of drug-likeness (QED) is 0.553. The lowest BCUT2D eigenvalue weighted by molar-refractivity contribution is 0.382. The summed E-state index contributed by atoms with van der Waals surface area (Å²) in [5.41, 5.74) is 0. The van der Waals surface area contributed by atoms with Crippen molar-refractivity contribution in [3.05, 3.63) is 0 Å². The van der Waals surface area contributed by atoms with E-state index in [4.69, 9.17) is 0 Å². The summed E-state index contributed by atoms with van der Waals surface area (Å²) in [6.07, 6.45) is 1.40. The number of nitrogens with one attached hydrogen (secondary N) is 1. The zero-order valence-corrected chi connectivity index (χ0v) is 7.16. The molecule has 0 aromatic carbocycles. The SMILES string of the molecule is CN1CC2CCNC2C1.Cl. The minimum Gasteiger partial charge on any atom is -0.312 e. The van der Waals surface area contributed by atoms with Crippen LogP contribution >= 0.6 is 12.4 Å². The van der Waals surface area contributed by atoms with Crippen molar-refractivity contribution < 1.29 is 0 Å². The Labute approximate surface area is 68.4 Å². The van der Waals surface area contributed by atoms with Crippen LogP contribution in [0.15, 0.2) is 0 Å². The van der Waals surface area contributed by atoms with Gasteiger partial charge < -0.3 is 10.2 Å². The summed E-state index contributed by atoms with van der Waals surface area (Å²) in [6, 6.07) is 0.829. The highest BCUT2D eigenvalue weighted by atomic mass is 35.5. The third-order valence-electron chi connectivity index (χ3n) is 2.55. The highest BCUT2D eigenvalue weighted by Crippen LogP contribution is 2.22. The van der Waals surface area contributed by atoms with Crippen molar-refractivity contribution in [1.29, 1.82) is 0 Å². The summed E-state index contributed by atoms with van der Waals surface area (Å²) in [7, 11) is 2.21. The van der Waals surface area contributed by atoms with E-state index >= 15 is 0 Å². The maximum absolute atomic E-state index is 3.51. The second kappa shape index (κ2) is 3.07. The second-order valence-electron chi connectivity index (χ2n) is 3.33. The Balaban J connectivity index is 0.000000500. The number of fused-ring (bicyclic) bond motifs is 1. The molecule has 0 aromatic rings. The van der Waals surface area contributed by atoms with Gasteiger partial charge in [0.1, 0.15) is 0 Å². The second-order valence-corrected chi connectivity index (χ2v) is 3.33.